The Balaban J connectivity index is 1.31. The molecule has 2 heterocycles. The second kappa shape index (κ2) is 39.9. The minimum absolute atomic E-state index is 0.0458. The van der Waals surface area contributed by atoms with Crippen molar-refractivity contribution in [2.24, 2.45) is 29.6 Å². The zero-order chi connectivity index (χ0) is 73.2. The summed E-state index contributed by atoms with van der Waals surface area (Å²) in [6.07, 6.45) is -0.355. The van der Waals surface area contributed by atoms with E-state index in [-0.39, 0.29) is 74.0 Å². The first-order valence-corrected chi connectivity index (χ1v) is 35.2. The predicted molar refractivity (Wildman–Crippen MR) is 372 cm³/mol. The van der Waals surface area contributed by atoms with Gasteiger partial charge in [0.25, 0.3) is 5.91 Å². The number of aliphatic hydroxyl groups excluding tert-OH is 1. The van der Waals surface area contributed by atoms with Crippen molar-refractivity contribution in [1.82, 2.24) is 41.3 Å². The predicted octanol–water partition coefficient (Wildman–Crippen LogP) is 6.84. The van der Waals surface area contributed by atoms with Gasteiger partial charge >= 0.3 is 11.9 Å². The Kier molecular flexibility index (Phi) is 32.7. The van der Waals surface area contributed by atoms with Gasteiger partial charge in [0.2, 0.25) is 41.4 Å². The van der Waals surface area contributed by atoms with Gasteiger partial charge in [-0.15, -0.1) is 0 Å². The third-order valence-electron chi connectivity index (χ3n) is 18.5. The number of carbonyl (C=O) groups excluding carboxylic acids is 12. The summed E-state index contributed by atoms with van der Waals surface area (Å²) in [7, 11) is 4.39. The number of hydrogen-bond donors (Lipinski definition) is 6. The molecule has 3 aromatic carbocycles. The number of carbonyl (C=O) groups is 12. The van der Waals surface area contributed by atoms with Gasteiger partial charge in [-0.1, -0.05) is 129 Å². The van der Waals surface area contributed by atoms with Crippen LogP contribution in [0.3, 0.4) is 0 Å². The van der Waals surface area contributed by atoms with Crippen molar-refractivity contribution in [2.75, 3.05) is 40.8 Å². The molecule has 11 atom stereocenters. The van der Waals surface area contributed by atoms with Crippen LogP contribution < -0.4 is 31.3 Å². The van der Waals surface area contributed by atoms with Gasteiger partial charge in [0.1, 0.15) is 42.1 Å². The molecule has 8 amide bonds. The number of hydrogen-bond acceptors (Lipinski definition) is 16. The number of cyclic esters (lactones) is 2. The van der Waals surface area contributed by atoms with Gasteiger partial charge in [0, 0.05) is 69.7 Å². The summed E-state index contributed by atoms with van der Waals surface area (Å²) in [4.78, 5) is 173. The highest BCUT2D eigenvalue weighted by atomic mass is 16.6. The number of Topliss-reactive ketones (excluding diaryl/α,β-unsaturated/α-hetero) is 1. The Hall–Kier alpha value is -8.54. The van der Waals surface area contributed by atoms with E-state index in [0.29, 0.717) is 98.9 Å². The minimum atomic E-state index is -1.73. The number of amides is 8. The topological polar surface area (TPSA) is 323 Å². The molecule has 0 bridgehead atoms. The van der Waals surface area contributed by atoms with Gasteiger partial charge in [0.15, 0.2) is 17.7 Å². The quantitative estimate of drug-likeness (QED) is 0.0187. The smallest absolute Gasteiger partial charge is 0.329 e. The van der Waals surface area contributed by atoms with E-state index in [1.165, 1.54) is 49.8 Å². The summed E-state index contributed by atoms with van der Waals surface area (Å²) in [5.41, 5.74) is 2.06. The van der Waals surface area contributed by atoms with E-state index in [1.807, 2.05) is 33.8 Å². The molecule has 0 aliphatic carbocycles. The molecule has 2 saturated heterocycles. The zero-order valence-electron chi connectivity index (χ0n) is 60.2. The summed E-state index contributed by atoms with van der Waals surface area (Å²) >= 11 is 0. The first-order chi connectivity index (χ1) is 47.0. The number of ketones is 2. The Labute approximate surface area is 583 Å². The average Bonchev–Trinajstić information content (AvgIpc) is 1.20. The number of benzene rings is 3. The lowest BCUT2D eigenvalue weighted by Crippen LogP contribution is -2.61. The maximum atomic E-state index is 15.1. The molecule has 0 saturated carbocycles. The third kappa shape index (κ3) is 24.4. The molecule has 0 unspecified atom stereocenters. The van der Waals surface area contributed by atoms with Gasteiger partial charge in [0.05, 0.1) is 31.6 Å². The van der Waals surface area contributed by atoms with E-state index < -0.39 is 126 Å². The summed E-state index contributed by atoms with van der Waals surface area (Å²) in [5, 5.41) is 26.1. The van der Waals surface area contributed by atoms with E-state index >= 15 is 9.59 Å². The van der Waals surface area contributed by atoms with Gasteiger partial charge in [-0.05, 0) is 119 Å². The first kappa shape index (κ1) is 81.1. The molecule has 5 rings (SSSR count). The molecule has 2 fully saturated rings. The van der Waals surface area contributed by atoms with Gasteiger partial charge in [-0.2, -0.15) is 0 Å². The zero-order valence-corrected chi connectivity index (χ0v) is 60.2. The van der Waals surface area contributed by atoms with Crippen LogP contribution in [0.15, 0.2) is 78.9 Å². The lowest BCUT2D eigenvalue weighted by Gasteiger charge is -2.36. The molecule has 544 valence electrons. The van der Waals surface area contributed by atoms with Crippen LogP contribution in [0.5, 0.6) is 5.75 Å². The van der Waals surface area contributed by atoms with Crippen molar-refractivity contribution in [3.05, 3.63) is 101 Å². The molecular formula is C75H108N8O16. The molecule has 2 aliphatic rings. The summed E-state index contributed by atoms with van der Waals surface area (Å²) in [6.45, 7) is 17.8. The van der Waals surface area contributed by atoms with E-state index in [0.717, 1.165) is 0 Å². The SMILES string of the molecule is CC[C@H](C)[C@H]1NC(=O)[C@H](NC(=O)[C@@H](CC(C)C)N(C)C(=O)CCCCCNC(=O)CCCCCNC(=O)c2ccc(C(=O)c3ccccc3)cc2)[C@H](C)OC(=O)[C@H](Cc2ccc(OC)cc2)N(C)C(=O)[C@@H]2CCCN2C(=O)[C@@H](CC(C)C)NC(=O)[C@@H](C)C(=O)[C@@H](C(C)C)OC(=O)C[C@H]1O. The van der Waals surface area contributed by atoms with Crippen LogP contribution >= 0.6 is 0 Å². The standard InChI is InChI=1S/C75H108N8O16/c1-14-48(8)64-60(84)44-63(87)99-68(47(6)7)66(88)49(9)69(90)78-56(41-45(2)3)73(94)83-40-24-27-57(83)74(95)82(12)59(43-51-30-36-55(97-13)37-31-51)75(96)98-50(10)65(72(93)79-64)80-71(92)58(42-46(4)5)81(11)62(86)29-21-17-22-38-76-61(85)28-20-16-23-39-77-70(91)54-34-32-53(33-35-54)67(89)52-25-18-15-19-26-52/h15,18-19,25-26,30-37,45-50,56-60,64-65,68,84H,14,16-17,20-24,27-29,38-44H2,1-13H3,(H,76,85)(H,77,91)(H,78,90)(H,79,93)(H,80,92)/t48-,49-,50-,56+,57-,58+,59-,60+,64+,65+,68+/m0/s1. The number of unbranched alkanes of at least 4 members (excludes halogenated alkanes) is 4. The van der Waals surface area contributed by atoms with Gasteiger partial charge in [-0.25, -0.2) is 4.79 Å². The first-order valence-electron chi connectivity index (χ1n) is 35.2. The number of rotatable bonds is 28. The maximum absolute atomic E-state index is 15.1. The van der Waals surface area contributed by atoms with Crippen molar-refractivity contribution in [2.45, 2.75) is 220 Å². The molecule has 3 aromatic rings. The number of likely N-dealkylation sites (N-methyl/N-ethyl adjacent to an activating group) is 2. The normalized spacial score (nSPS) is 22.4. The molecule has 99 heavy (non-hydrogen) atoms. The molecule has 6 N–H and O–H groups in total. The summed E-state index contributed by atoms with van der Waals surface area (Å²) < 4.78 is 17.3. The van der Waals surface area contributed by atoms with Gasteiger partial charge in [-0.3, -0.25) is 52.7 Å². The van der Waals surface area contributed by atoms with Crippen molar-refractivity contribution < 1.29 is 76.9 Å². The number of methoxy groups -OCH3 is 1. The summed E-state index contributed by atoms with van der Waals surface area (Å²) in [6, 6.07) is 14.4. The molecule has 24 nitrogen and oxygen atoms in total. The molecule has 0 aromatic heterocycles. The van der Waals surface area contributed by atoms with Crippen LogP contribution in [0, 0.1) is 29.6 Å². The lowest BCUT2D eigenvalue weighted by atomic mass is 9.91. The van der Waals surface area contributed by atoms with Crippen LogP contribution in [0.4, 0.5) is 0 Å². The Bertz CT molecular complexity index is 3210. The van der Waals surface area contributed by atoms with Crippen LogP contribution in [-0.2, 0) is 63.8 Å². The second-order valence-electron chi connectivity index (χ2n) is 27.6. The fourth-order valence-electron chi connectivity index (χ4n) is 12.3. The number of aliphatic hydroxyl groups is 1. The van der Waals surface area contributed by atoms with Crippen molar-refractivity contribution in [3.8, 4) is 5.75 Å². The molecule has 2 aliphatic heterocycles. The van der Waals surface area contributed by atoms with Gasteiger partial charge < -0.3 is 60.6 Å². The number of ether oxygens (including phenoxy) is 3. The lowest BCUT2D eigenvalue weighted by molar-refractivity contribution is -0.163. The molecule has 0 radical (unpaired) electrons. The molecular weight excluding hydrogens is 1270 g/mol. The van der Waals surface area contributed by atoms with E-state index in [9.17, 15) is 53.1 Å². The number of nitrogens with zero attached hydrogens (tertiary/aromatic N) is 3. The fraction of sp³-hybridized carbons (Fsp3) is 0.600. The molecule has 0 spiro atoms. The second-order valence-corrected chi connectivity index (χ2v) is 27.6. The number of esters is 2. The van der Waals surface area contributed by atoms with E-state index in [2.05, 4.69) is 26.6 Å². The van der Waals surface area contributed by atoms with E-state index in [1.54, 1.807) is 100 Å². The minimum Gasteiger partial charge on any atom is -0.497 e. The Morgan fingerprint density at radius 2 is 1.34 bits per heavy atom. The Morgan fingerprint density at radius 3 is 1.95 bits per heavy atom. The Morgan fingerprint density at radius 1 is 0.727 bits per heavy atom. The van der Waals surface area contributed by atoms with Crippen LogP contribution in [0.1, 0.15) is 191 Å². The molecule has 24 heteroatoms. The maximum Gasteiger partial charge on any atom is 0.329 e. The third-order valence-corrected chi connectivity index (χ3v) is 18.5. The number of fused-ring (bicyclic) bond motifs is 1. The average molecular weight is 1380 g/mol. The van der Waals surface area contributed by atoms with Crippen molar-refractivity contribution in [1.29, 1.82) is 0 Å². The highest BCUT2D eigenvalue weighted by molar-refractivity contribution is 6.09. The van der Waals surface area contributed by atoms with Crippen LogP contribution in [-0.4, -0.2) is 186 Å². The van der Waals surface area contributed by atoms with Crippen LogP contribution in [0.2, 0.25) is 0 Å². The largest absolute Gasteiger partial charge is 0.497 e. The number of nitrogens with one attached hydrogen (secondary N) is 5. The monoisotopic (exact) mass is 1380 g/mol. The highest BCUT2D eigenvalue weighted by Gasteiger charge is 2.45. The van der Waals surface area contributed by atoms with E-state index in [4.69, 9.17) is 14.2 Å². The fourth-order valence-corrected chi connectivity index (χ4v) is 12.3. The van der Waals surface area contributed by atoms with Crippen molar-refractivity contribution in [3.63, 3.8) is 0 Å². The highest BCUT2D eigenvalue weighted by Crippen LogP contribution is 2.27. The van der Waals surface area contributed by atoms with Crippen molar-refractivity contribution >= 4 is 70.8 Å². The van der Waals surface area contributed by atoms with Crippen LogP contribution in [0.25, 0.3) is 0 Å². The summed E-state index contributed by atoms with van der Waals surface area (Å²) in [5.74, 6) is -9.76.